The van der Waals surface area contributed by atoms with Crippen molar-refractivity contribution in [1.29, 1.82) is 0 Å². The number of piperidine rings is 1. The lowest BCUT2D eigenvalue weighted by Gasteiger charge is -2.33. The summed E-state index contributed by atoms with van der Waals surface area (Å²) in [6, 6.07) is 3.81. The lowest BCUT2D eigenvalue weighted by molar-refractivity contribution is -0.143. The van der Waals surface area contributed by atoms with E-state index in [-0.39, 0.29) is 24.4 Å². The van der Waals surface area contributed by atoms with Crippen LogP contribution in [0.2, 0.25) is 0 Å². The Morgan fingerprint density at radius 3 is 3.00 bits per heavy atom. The zero-order chi connectivity index (χ0) is 16.4. The third-order valence-electron chi connectivity index (χ3n) is 4.31. The van der Waals surface area contributed by atoms with Crippen molar-refractivity contribution in [2.75, 3.05) is 19.7 Å². The van der Waals surface area contributed by atoms with Crippen molar-refractivity contribution in [2.45, 2.75) is 25.3 Å². The molecule has 2 aliphatic rings. The van der Waals surface area contributed by atoms with Gasteiger partial charge in [-0.15, -0.1) is 0 Å². The number of likely N-dealkylation sites (tertiary alicyclic amines) is 1. The molecular formula is C16H19FN2O4. The van der Waals surface area contributed by atoms with Crippen LogP contribution in [0, 0.1) is 11.7 Å². The van der Waals surface area contributed by atoms with E-state index < -0.39 is 11.9 Å². The summed E-state index contributed by atoms with van der Waals surface area (Å²) in [6.45, 7) is 1.09. The fourth-order valence-corrected chi connectivity index (χ4v) is 3.08. The third kappa shape index (κ3) is 3.55. The number of carboxylic acids is 1. The molecule has 0 saturated carbocycles. The summed E-state index contributed by atoms with van der Waals surface area (Å²) in [6.07, 6.45) is 1.77. The average Bonchev–Trinajstić information content (AvgIpc) is 2.54. The molecule has 2 N–H and O–H groups in total. The molecule has 124 valence electrons. The second kappa shape index (κ2) is 6.44. The number of rotatable bonds is 2. The Kier molecular flexibility index (Phi) is 4.36. The van der Waals surface area contributed by atoms with Crippen LogP contribution in [0.4, 0.5) is 9.18 Å². The molecule has 2 atom stereocenters. The second-order valence-electron chi connectivity index (χ2n) is 6.04. The maximum absolute atomic E-state index is 13.3. The van der Waals surface area contributed by atoms with E-state index in [4.69, 9.17) is 9.84 Å². The third-order valence-corrected chi connectivity index (χ3v) is 4.31. The number of fused-ring (bicyclic) bond motifs is 1. The SMILES string of the molecule is O=C(O)C1CCCN(C(=O)NC2COc3ccc(F)cc3C2)C1. The van der Waals surface area contributed by atoms with Crippen LogP contribution in [-0.2, 0) is 11.2 Å². The fourth-order valence-electron chi connectivity index (χ4n) is 3.08. The van der Waals surface area contributed by atoms with Crippen LogP contribution in [0.5, 0.6) is 5.75 Å². The molecular weight excluding hydrogens is 303 g/mol. The molecule has 23 heavy (non-hydrogen) atoms. The molecule has 1 aromatic carbocycles. The van der Waals surface area contributed by atoms with Crippen LogP contribution >= 0.6 is 0 Å². The van der Waals surface area contributed by atoms with Gasteiger partial charge in [0.15, 0.2) is 0 Å². The van der Waals surface area contributed by atoms with Crippen LogP contribution in [0.15, 0.2) is 18.2 Å². The van der Waals surface area contributed by atoms with E-state index >= 15 is 0 Å². The Morgan fingerprint density at radius 2 is 2.22 bits per heavy atom. The molecule has 1 aromatic rings. The Bertz CT molecular complexity index is 622. The summed E-state index contributed by atoms with van der Waals surface area (Å²) >= 11 is 0. The summed E-state index contributed by atoms with van der Waals surface area (Å²) in [7, 11) is 0. The highest BCUT2D eigenvalue weighted by Crippen LogP contribution is 2.25. The first-order chi connectivity index (χ1) is 11.0. The monoisotopic (exact) mass is 322 g/mol. The van der Waals surface area contributed by atoms with Crippen molar-refractivity contribution in [2.24, 2.45) is 5.92 Å². The van der Waals surface area contributed by atoms with Gasteiger partial charge in [0.1, 0.15) is 18.2 Å². The van der Waals surface area contributed by atoms with Gasteiger partial charge in [0.05, 0.1) is 12.0 Å². The molecule has 0 bridgehead atoms. The first-order valence-electron chi connectivity index (χ1n) is 7.72. The van der Waals surface area contributed by atoms with E-state index in [0.29, 0.717) is 38.2 Å². The van der Waals surface area contributed by atoms with Gasteiger partial charge in [0, 0.05) is 13.1 Å². The van der Waals surface area contributed by atoms with Crippen molar-refractivity contribution in [3.8, 4) is 5.75 Å². The zero-order valence-electron chi connectivity index (χ0n) is 12.6. The Balaban J connectivity index is 1.59. The second-order valence-corrected chi connectivity index (χ2v) is 6.04. The highest BCUT2D eigenvalue weighted by atomic mass is 19.1. The number of carboxylic acid groups (broad SMARTS) is 1. The van der Waals surface area contributed by atoms with Crippen molar-refractivity contribution in [1.82, 2.24) is 10.2 Å². The van der Waals surface area contributed by atoms with Crippen LogP contribution in [0.25, 0.3) is 0 Å². The number of ether oxygens (including phenoxy) is 1. The molecule has 2 amide bonds. The number of hydrogen-bond acceptors (Lipinski definition) is 3. The molecule has 6 nitrogen and oxygen atoms in total. The average molecular weight is 322 g/mol. The lowest BCUT2D eigenvalue weighted by Crippen LogP contribution is -2.52. The minimum absolute atomic E-state index is 0.222. The van der Waals surface area contributed by atoms with Gasteiger partial charge < -0.3 is 20.1 Å². The number of hydrogen-bond donors (Lipinski definition) is 2. The number of carbonyl (C=O) groups excluding carboxylic acids is 1. The van der Waals surface area contributed by atoms with Gasteiger partial charge in [-0.3, -0.25) is 4.79 Å². The van der Waals surface area contributed by atoms with Crippen LogP contribution < -0.4 is 10.1 Å². The number of aliphatic carboxylic acids is 1. The van der Waals surface area contributed by atoms with Crippen molar-refractivity contribution >= 4 is 12.0 Å². The van der Waals surface area contributed by atoms with Gasteiger partial charge in [-0.05, 0) is 43.0 Å². The molecule has 0 spiro atoms. The molecule has 0 radical (unpaired) electrons. The summed E-state index contributed by atoms with van der Waals surface area (Å²) < 4.78 is 18.8. The molecule has 7 heteroatoms. The van der Waals surface area contributed by atoms with Gasteiger partial charge in [-0.25, -0.2) is 9.18 Å². The van der Waals surface area contributed by atoms with Gasteiger partial charge in [-0.2, -0.15) is 0 Å². The number of halogens is 1. The molecule has 2 heterocycles. The molecule has 0 aromatic heterocycles. The summed E-state index contributed by atoms with van der Waals surface area (Å²) in [5.41, 5.74) is 0.726. The molecule has 1 saturated heterocycles. The van der Waals surface area contributed by atoms with Gasteiger partial charge >= 0.3 is 12.0 Å². The van der Waals surface area contributed by atoms with Gasteiger partial charge in [-0.1, -0.05) is 0 Å². The Morgan fingerprint density at radius 1 is 1.39 bits per heavy atom. The van der Waals surface area contributed by atoms with Crippen LogP contribution in [0.3, 0.4) is 0 Å². The van der Waals surface area contributed by atoms with E-state index in [2.05, 4.69) is 5.32 Å². The van der Waals surface area contributed by atoms with Crippen molar-refractivity contribution in [3.63, 3.8) is 0 Å². The summed E-state index contributed by atoms with van der Waals surface area (Å²) in [5, 5.41) is 11.9. The first kappa shape index (κ1) is 15.6. The van der Waals surface area contributed by atoms with Gasteiger partial charge in [0.25, 0.3) is 0 Å². The predicted molar refractivity (Wildman–Crippen MR) is 79.9 cm³/mol. The van der Waals surface area contributed by atoms with Crippen molar-refractivity contribution in [3.05, 3.63) is 29.6 Å². The smallest absolute Gasteiger partial charge is 0.317 e. The number of benzene rings is 1. The Hall–Kier alpha value is -2.31. The number of nitrogens with one attached hydrogen (secondary N) is 1. The van der Waals surface area contributed by atoms with E-state index in [1.807, 2.05) is 0 Å². The normalized spacial score (nSPS) is 23.6. The van der Waals surface area contributed by atoms with Crippen molar-refractivity contribution < 1.29 is 23.8 Å². The number of nitrogens with zero attached hydrogens (tertiary/aromatic N) is 1. The molecule has 3 rings (SSSR count). The quantitative estimate of drug-likeness (QED) is 0.867. The maximum atomic E-state index is 13.3. The summed E-state index contributed by atoms with van der Waals surface area (Å²) in [5.74, 6) is -1.07. The minimum atomic E-state index is -0.868. The molecule has 1 fully saturated rings. The zero-order valence-corrected chi connectivity index (χ0v) is 12.6. The Labute approximate surface area is 133 Å². The van der Waals surface area contributed by atoms with E-state index in [9.17, 15) is 14.0 Å². The topological polar surface area (TPSA) is 78.9 Å². The van der Waals surface area contributed by atoms with Crippen LogP contribution in [0.1, 0.15) is 18.4 Å². The van der Waals surface area contributed by atoms with Gasteiger partial charge in [0.2, 0.25) is 0 Å². The standard InChI is InChI=1S/C16H19FN2O4/c17-12-3-4-14-11(6-12)7-13(9-23-14)18-16(22)19-5-1-2-10(8-19)15(20)21/h3-4,6,10,13H,1-2,5,7-9H2,(H,18,22)(H,20,21). The highest BCUT2D eigenvalue weighted by molar-refractivity contribution is 5.77. The summed E-state index contributed by atoms with van der Waals surface area (Å²) in [4.78, 5) is 24.9. The fraction of sp³-hybridized carbons (Fsp3) is 0.500. The number of amides is 2. The van der Waals surface area contributed by atoms with E-state index in [1.54, 1.807) is 6.07 Å². The first-order valence-corrected chi connectivity index (χ1v) is 7.72. The predicted octanol–water partition coefficient (Wildman–Crippen LogP) is 1.64. The van der Waals surface area contributed by atoms with Crippen LogP contribution in [-0.4, -0.2) is 47.7 Å². The van der Waals surface area contributed by atoms with E-state index in [1.165, 1.54) is 17.0 Å². The maximum Gasteiger partial charge on any atom is 0.317 e. The highest BCUT2D eigenvalue weighted by Gasteiger charge is 2.30. The minimum Gasteiger partial charge on any atom is -0.491 e. The molecule has 2 unspecified atom stereocenters. The lowest BCUT2D eigenvalue weighted by atomic mass is 9.98. The largest absolute Gasteiger partial charge is 0.491 e. The van der Waals surface area contributed by atoms with E-state index in [0.717, 1.165) is 5.56 Å². The molecule has 0 aliphatic carbocycles. The number of urea groups is 1. The number of carbonyl (C=O) groups is 2. The molecule has 2 aliphatic heterocycles.